The van der Waals surface area contributed by atoms with Gasteiger partial charge in [-0.2, -0.15) is 0 Å². The molecule has 1 aliphatic heterocycles. The van der Waals surface area contributed by atoms with Crippen molar-refractivity contribution in [3.63, 3.8) is 0 Å². The minimum Gasteiger partial charge on any atom is -0.306 e. The summed E-state index contributed by atoms with van der Waals surface area (Å²) in [4.78, 5) is 4.98. The number of hydrogen-bond acceptors (Lipinski definition) is 2. The summed E-state index contributed by atoms with van der Waals surface area (Å²) in [5, 5.41) is 0. The minimum absolute atomic E-state index is 0.582. The quantitative estimate of drug-likeness (QED) is 0.667. The van der Waals surface area contributed by atoms with Crippen LogP contribution in [0.15, 0.2) is 0 Å². The lowest BCUT2D eigenvalue weighted by molar-refractivity contribution is 0.171. The molecule has 0 amide bonds. The number of nitrogens with zero attached hydrogens (tertiary/aromatic N) is 2. The van der Waals surface area contributed by atoms with Gasteiger partial charge in [-0.1, -0.05) is 13.8 Å². The predicted molar refractivity (Wildman–Crippen MR) is 62.6 cm³/mol. The Morgan fingerprint density at radius 1 is 1.36 bits per heavy atom. The average molecular weight is 198 g/mol. The van der Waals surface area contributed by atoms with Gasteiger partial charge in [-0.05, 0) is 51.9 Å². The maximum Gasteiger partial charge on any atom is 0.00476 e. The number of likely N-dealkylation sites (tertiary alicyclic amines) is 1. The smallest absolute Gasteiger partial charge is 0.00476 e. The van der Waals surface area contributed by atoms with E-state index in [0.717, 1.165) is 0 Å². The molecule has 0 aromatic carbocycles. The molecule has 1 saturated heterocycles. The molecule has 0 spiro atoms. The Hall–Kier alpha value is -0.0800. The molecule has 0 aromatic heterocycles. The van der Waals surface area contributed by atoms with Crippen molar-refractivity contribution in [2.24, 2.45) is 5.41 Å². The predicted octanol–water partition coefficient (Wildman–Crippen LogP) is 2.06. The molecule has 0 bridgehead atoms. The molecular formula is C12H26N2. The van der Waals surface area contributed by atoms with Crippen molar-refractivity contribution < 1.29 is 0 Å². The summed E-state index contributed by atoms with van der Waals surface area (Å²) in [6.45, 7) is 9.70. The first-order valence-electron chi connectivity index (χ1n) is 5.99. The van der Waals surface area contributed by atoms with Gasteiger partial charge in [-0.25, -0.2) is 0 Å². The molecule has 1 atom stereocenters. The number of hydrogen-bond donors (Lipinski definition) is 0. The topological polar surface area (TPSA) is 6.48 Å². The van der Waals surface area contributed by atoms with Crippen molar-refractivity contribution in [1.82, 2.24) is 9.80 Å². The molecule has 1 unspecified atom stereocenters. The van der Waals surface area contributed by atoms with E-state index in [9.17, 15) is 0 Å². The fraction of sp³-hybridized carbons (Fsp3) is 1.00. The van der Waals surface area contributed by atoms with Crippen LogP contribution in [0.2, 0.25) is 0 Å². The molecule has 0 N–H and O–H groups in total. The van der Waals surface area contributed by atoms with Crippen LogP contribution in [0, 0.1) is 5.41 Å². The second kappa shape index (κ2) is 5.13. The van der Waals surface area contributed by atoms with Gasteiger partial charge in [0.2, 0.25) is 0 Å². The summed E-state index contributed by atoms with van der Waals surface area (Å²) in [6, 6.07) is 0. The van der Waals surface area contributed by atoms with E-state index in [1.165, 1.54) is 45.4 Å². The highest BCUT2D eigenvalue weighted by Crippen LogP contribution is 2.33. The summed E-state index contributed by atoms with van der Waals surface area (Å²) in [6.07, 6.45) is 3.98. The summed E-state index contributed by atoms with van der Waals surface area (Å²) in [5.74, 6) is 0. The van der Waals surface area contributed by atoms with Gasteiger partial charge in [0.25, 0.3) is 0 Å². The fourth-order valence-corrected chi connectivity index (χ4v) is 2.72. The van der Waals surface area contributed by atoms with Gasteiger partial charge in [0.1, 0.15) is 0 Å². The average Bonchev–Trinajstić information content (AvgIpc) is 2.48. The van der Waals surface area contributed by atoms with Crippen LogP contribution in [0.4, 0.5) is 0 Å². The zero-order valence-electron chi connectivity index (χ0n) is 10.3. The van der Waals surface area contributed by atoms with Crippen LogP contribution in [0.5, 0.6) is 0 Å². The Morgan fingerprint density at radius 3 is 2.50 bits per heavy atom. The molecule has 1 heterocycles. The van der Waals surface area contributed by atoms with Crippen LogP contribution in [-0.2, 0) is 0 Å². The maximum atomic E-state index is 2.50. The molecule has 0 aliphatic carbocycles. The van der Waals surface area contributed by atoms with Gasteiger partial charge >= 0.3 is 0 Å². The Balaban J connectivity index is 2.45. The van der Waals surface area contributed by atoms with Gasteiger partial charge in [-0.3, -0.25) is 0 Å². The van der Waals surface area contributed by atoms with E-state index in [4.69, 9.17) is 0 Å². The van der Waals surface area contributed by atoms with Crippen molar-refractivity contribution in [1.29, 1.82) is 0 Å². The molecule has 2 heteroatoms. The summed E-state index contributed by atoms with van der Waals surface area (Å²) >= 11 is 0. The lowest BCUT2D eigenvalue weighted by Gasteiger charge is -2.32. The first kappa shape index (κ1) is 12.0. The Labute approximate surface area is 89.3 Å². The second-order valence-electron chi connectivity index (χ2n) is 5.08. The maximum absolute atomic E-state index is 2.50. The molecule has 1 aliphatic rings. The summed E-state index contributed by atoms with van der Waals surface area (Å²) in [5.41, 5.74) is 0.582. The van der Waals surface area contributed by atoms with Gasteiger partial charge < -0.3 is 9.80 Å². The van der Waals surface area contributed by atoms with Crippen molar-refractivity contribution in [3.05, 3.63) is 0 Å². The third kappa shape index (κ3) is 2.96. The minimum atomic E-state index is 0.582. The van der Waals surface area contributed by atoms with Crippen LogP contribution in [-0.4, -0.2) is 50.1 Å². The zero-order chi connectivity index (χ0) is 10.6. The molecular weight excluding hydrogens is 172 g/mol. The van der Waals surface area contributed by atoms with Crippen molar-refractivity contribution >= 4 is 0 Å². The summed E-state index contributed by atoms with van der Waals surface area (Å²) in [7, 11) is 4.51. The molecule has 1 fully saturated rings. The highest BCUT2D eigenvalue weighted by atomic mass is 15.2. The molecule has 1 rings (SSSR count). The van der Waals surface area contributed by atoms with E-state index in [-0.39, 0.29) is 0 Å². The van der Waals surface area contributed by atoms with Crippen LogP contribution >= 0.6 is 0 Å². The van der Waals surface area contributed by atoms with Gasteiger partial charge in [-0.15, -0.1) is 0 Å². The lowest BCUT2D eigenvalue weighted by Crippen LogP contribution is -2.37. The van der Waals surface area contributed by atoms with Crippen molar-refractivity contribution in [2.75, 3.05) is 40.3 Å². The van der Waals surface area contributed by atoms with E-state index in [1.54, 1.807) is 0 Å². The standard InChI is InChI=1S/C12H26N2/c1-5-8-13(3)10-12(6-2)7-9-14(4)11-12/h5-11H2,1-4H3. The second-order valence-corrected chi connectivity index (χ2v) is 5.08. The van der Waals surface area contributed by atoms with Gasteiger partial charge in [0.15, 0.2) is 0 Å². The van der Waals surface area contributed by atoms with Crippen LogP contribution in [0.3, 0.4) is 0 Å². The van der Waals surface area contributed by atoms with Crippen molar-refractivity contribution in [2.45, 2.75) is 33.1 Å². The molecule has 2 nitrogen and oxygen atoms in total. The first-order valence-corrected chi connectivity index (χ1v) is 5.99. The largest absolute Gasteiger partial charge is 0.306 e. The highest BCUT2D eigenvalue weighted by Gasteiger charge is 2.35. The van der Waals surface area contributed by atoms with Crippen LogP contribution < -0.4 is 0 Å². The fourth-order valence-electron chi connectivity index (χ4n) is 2.72. The molecule has 0 saturated carbocycles. The Bertz CT molecular complexity index is 170. The first-order chi connectivity index (χ1) is 6.62. The lowest BCUT2D eigenvalue weighted by atomic mass is 9.84. The SMILES string of the molecule is CCCN(C)CC1(CC)CCN(C)C1. The molecule has 84 valence electrons. The van der Waals surface area contributed by atoms with E-state index >= 15 is 0 Å². The summed E-state index contributed by atoms with van der Waals surface area (Å²) < 4.78 is 0. The third-order valence-electron chi connectivity index (χ3n) is 3.59. The molecule has 0 aromatic rings. The van der Waals surface area contributed by atoms with Crippen LogP contribution in [0.1, 0.15) is 33.1 Å². The van der Waals surface area contributed by atoms with E-state index in [0.29, 0.717) is 5.41 Å². The van der Waals surface area contributed by atoms with Crippen molar-refractivity contribution in [3.8, 4) is 0 Å². The van der Waals surface area contributed by atoms with Gasteiger partial charge in [0, 0.05) is 13.1 Å². The molecule has 14 heavy (non-hydrogen) atoms. The number of rotatable bonds is 5. The van der Waals surface area contributed by atoms with E-state index < -0.39 is 0 Å². The van der Waals surface area contributed by atoms with E-state index in [2.05, 4.69) is 37.7 Å². The Kier molecular flexibility index (Phi) is 4.39. The molecule has 0 radical (unpaired) electrons. The Morgan fingerprint density at radius 2 is 2.07 bits per heavy atom. The zero-order valence-corrected chi connectivity index (χ0v) is 10.3. The van der Waals surface area contributed by atoms with Gasteiger partial charge in [0.05, 0.1) is 0 Å². The normalized spacial score (nSPS) is 28.9. The van der Waals surface area contributed by atoms with Crippen LogP contribution in [0.25, 0.3) is 0 Å². The monoisotopic (exact) mass is 198 g/mol. The third-order valence-corrected chi connectivity index (χ3v) is 3.59. The van der Waals surface area contributed by atoms with E-state index in [1.807, 2.05) is 0 Å². The highest BCUT2D eigenvalue weighted by molar-refractivity contribution is 4.89.